The van der Waals surface area contributed by atoms with E-state index in [1.807, 2.05) is 24.3 Å². The zero-order valence-corrected chi connectivity index (χ0v) is 9.17. The topological polar surface area (TPSA) is 18.5 Å². The van der Waals surface area contributed by atoms with E-state index in [4.69, 9.17) is 21.1 Å². The zero-order chi connectivity index (χ0) is 10.5. The summed E-state index contributed by atoms with van der Waals surface area (Å²) in [5.74, 6) is 2.36. The van der Waals surface area contributed by atoms with Crippen LogP contribution in [0.15, 0.2) is 30.5 Å². The van der Waals surface area contributed by atoms with Crippen molar-refractivity contribution in [3.63, 3.8) is 0 Å². The number of ether oxygens (including phenoxy) is 2. The molecule has 0 amide bonds. The molecule has 0 saturated carbocycles. The van der Waals surface area contributed by atoms with Crippen molar-refractivity contribution < 1.29 is 9.47 Å². The van der Waals surface area contributed by atoms with Crippen LogP contribution in [-0.4, -0.2) is 12.5 Å². The second-order valence-corrected chi connectivity index (χ2v) is 3.73. The molecule has 2 rings (SSSR count). The second-order valence-electron chi connectivity index (χ2n) is 3.35. The van der Waals surface area contributed by atoms with Crippen molar-refractivity contribution in [1.82, 2.24) is 0 Å². The molecular weight excluding hydrogens is 212 g/mol. The van der Waals surface area contributed by atoms with Gasteiger partial charge in [0.25, 0.3) is 0 Å². The molecule has 2 nitrogen and oxygen atoms in total. The number of hydrogen-bond acceptors (Lipinski definition) is 2. The van der Waals surface area contributed by atoms with Crippen LogP contribution in [0.1, 0.15) is 12.0 Å². The van der Waals surface area contributed by atoms with Gasteiger partial charge in [-0.1, -0.05) is 6.07 Å². The fourth-order valence-corrected chi connectivity index (χ4v) is 1.55. The van der Waals surface area contributed by atoms with Gasteiger partial charge in [0.2, 0.25) is 0 Å². The Kier molecular flexibility index (Phi) is 3.51. The number of halogens is 1. The summed E-state index contributed by atoms with van der Waals surface area (Å²) in [5, 5.41) is 0. The van der Waals surface area contributed by atoms with Gasteiger partial charge in [0.1, 0.15) is 11.5 Å². The molecule has 0 spiro atoms. The lowest BCUT2D eigenvalue weighted by molar-refractivity contribution is 0.316. The van der Waals surface area contributed by atoms with Crippen LogP contribution in [0.2, 0.25) is 0 Å². The second kappa shape index (κ2) is 5.08. The van der Waals surface area contributed by atoms with E-state index in [0.29, 0.717) is 12.5 Å². The highest BCUT2D eigenvalue weighted by atomic mass is 35.5. The molecule has 0 aromatic heterocycles. The SMILES string of the molecule is ClCCCOc1ccc2c(c1)OC=CC2. The van der Waals surface area contributed by atoms with Gasteiger partial charge in [-0.3, -0.25) is 0 Å². The number of alkyl halides is 1. The number of allylic oxidation sites excluding steroid dienone is 1. The standard InChI is InChI=1S/C12H13ClO2/c13-6-2-8-14-11-5-4-10-3-1-7-15-12(10)9-11/h1,4-5,7,9H,2-3,6,8H2. The largest absolute Gasteiger partial charge is 0.493 e. The summed E-state index contributed by atoms with van der Waals surface area (Å²) < 4.78 is 10.9. The third kappa shape index (κ3) is 2.66. The van der Waals surface area contributed by atoms with Crippen LogP contribution in [-0.2, 0) is 6.42 Å². The van der Waals surface area contributed by atoms with Gasteiger partial charge in [-0.15, -0.1) is 11.6 Å². The van der Waals surface area contributed by atoms with E-state index in [1.54, 1.807) is 6.26 Å². The number of rotatable bonds is 4. The summed E-state index contributed by atoms with van der Waals surface area (Å²) in [7, 11) is 0. The minimum Gasteiger partial charge on any atom is -0.493 e. The minimum atomic E-state index is 0.629. The van der Waals surface area contributed by atoms with E-state index >= 15 is 0 Å². The van der Waals surface area contributed by atoms with Crippen LogP contribution in [0.4, 0.5) is 0 Å². The maximum absolute atomic E-state index is 5.57. The summed E-state index contributed by atoms with van der Waals surface area (Å²) in [6, 6.07) is 5.93. The van der Waals surface area contributed by atoms with Gasteiger partial charge >= 0.3 is 0 Å². The fourth-order valence-electron chi connectivity index (χ4n) is 1.44. The fraction of sp³-hybridized carbons (Fsp3) is 0.333. The molecule has 0 unspecified atom stereocenters. The summed E-state index contributed by atoms with van der Waals surface area (Å²) in [6.07, 6.45) is 5.50. The Balaban J connectivity index is 2.02. The minimum absolute atomic E-state index is 0.629. The maximum atomic E-state index is 5.57. The van der Waals surface area contributed by atoms with E-state index in [0.717, 1.165) is 24.3 Å². The molecule has 1 aromatic rings. The Morgan fingerprint density at radius 2 is 2.33 bits per heavy atom. The van der Waals surface area contributed by atoms with Gasteiger partial charge < -0.3 is 9.47 Å². The van der Waals surface area contributed by atoms with Gasteiger partial charge in [0.15, 0.2) is 0 Å². The van der Waals surface area contributed by atoms with Crippen molar-refractivity contribution in [2.45, 2.75) is 12.8 Å². The van der Waals surface area contributed by atoms with E-state index in [1.165, 1.54) is 5.56 Å². The Labute approximate surface area is 94.5 Å². The molecule has 15 heavy (non-hydrogen) atoms. The molecule has 0 atom stereocenters. The van der Waals surface area contributed by atoms with Crippen LogP contribution in [0.25, 0.3) is 0 Å². The summed E-state index contributed by atoms with van der Waals surface area (Å²) in [6.45, 7) is 0.651. The van der Waals surface area contributed by atoms with E-state index < -0.39 is 0 Å². The molecule has 1 aliphatic heterocycles. The lowest BCUT2D eigenvalue weighted by atomic mass is 10.1. The summed E-state index contributed by atoms with van der Waals surface area (Å²) >= 11 is 5.57. The Hall–Kier alpha value is -1.15. The number of hydrogen-bond donors (Lipinski definition) is 0. The lowest BCUT2D eigenvalue weighted by Gasteiger charge is -2.13. The van der Waals surface area contributed by atoms with Crippen molar-refractivity contribution in [2.24, 2.45) is 0 Å². The van der Waals surface area contributed by atoms with Crippen LogP contribution >= 0.6 is 11.6 Å². The van der Waals surface area contributed by atoms with Crippen LogP contribution in [0.5, 0.6) is 11.5 Å². The summed E-state index contributed by atoms with van der Waals surface area (Å²) in [5.41, 5.74) is 1.20. The van der Waals surface area contributed by atoms with Crippen molar-refractivity contribution >= 4 is 11.6 Å². The highest BCUT2D eigenvalue weighted by molar-refractivity contribution is 6.17. The van der Waals surface area contributed by atoms with Crippen molar-refractivity contribution in [3.8, 4) is 11.5 Å². The molecule has 0 N–H and O–H groups in total. The van der Waals surface area contributed by atoms with Gasteiger partial charge in [-0.2, -0.15) is 0 Å². The van der Waals surface area contributed by atoms with Crippen molar-refractivity contribution in [3.05, 3.63) is 36.1 Å². The third-order valence-electron chi connectivity index (χ3n) is 2.21. The highest BCUT2D eigenvalue weighted by Crippen LogP contribution is 2.28. The zero-order valence-electron chi connectivity index (χ0n) is 8.41. The molecule has 0 aliphatic carbocycles. The molecule has 1 aromatic carbocycles. The molecule has 0 saturated heterocycles. The average Bonchev–Trinajstić information content (AvgIpc) is 2.29. The molecule has 3 heteroatoms. The highest BCUT2D eigenvalue weighted by Gasteiger charge is 2.07. The first-order valence-corrected chi connectivity index (χ1v) is 5.57. The van der Waals surface area contributed by atoms with Crippen LogP contribution < -0.4 is 9.47 Å². The molecule has 0 fully saturated rings. The Morgan fingerprint density at radius 1 is 1.40 bits per heavy atom. The smallest absolute Gasteiger partial charge is 0.133 e. The molecular formula is C12H13ClO2. The third-order valence-corrected chi connectivity index (χ3v) is 2.48. The van der Waals surface area contributed by atoms with Crippen LogP contribution in [0.3, 0.4) is 0 Å². The van der Waals surface area contributed by atoms with E-state index in [2.05, 4.69) is 0 Å². The number of fused-ring (bicyclic) bond motifs is 1. The monoisotopic (exact) mass is 224 g/mol. The lowest BCUT2D eigenvalue weighted by Crippen LogP contribution is -2.00. The normalized spacial score (nSPS) is 13.1. The quantitative estimate of drug-likeness (QED) is 0.578. The number of benzene rings is 1. The first-order chi connectivity index (χ1) is 7.40. The first-order valence-electron chi connectivity index (χ1n) is 5.03. The molecule has 80 valence electrons. The summed E-state index contributed by atoms with van der Waals surface area (Å²) in [4.78, 5) is 0. The van der Waals surface area contributed by atoms with Gasteiger partial charge in [0, 0.05) is 11.9 Å². The molecule has 0 radical (unpaired) electrons. The molecule has 1 aliphatic rings. The first kappa shape index (κ1) is 10.4. The van der Waals surface area contributed by atoms with Gasteiger partial charge in [0.05, 0.1) is 12.9 Å². The van der Waals surface area contributed by atoms with Crippen LogP contribution in [0, 0.1) is 0 Å². The van der Waals surface area contributed by atoms with Crippen molar-refractivity contribution in [1.29, 1.82) is 0 Å². The molecule has 1 heterocycles. The predicted molar refractivity (Wildman–Crippen MR) is 60.7 cm³/mol. The Morgan fingerprint density at radius 3 is 3.20 bits per heavy atom. The Bertz CT molecular complexity index is 361. The van der Waals surface area contributed by atoms with E-state index in [-0.39, 0.29) is 0 Å². The van der Waals surface area contributed by atoms with Crippen molar-refractivity contribution in [2.75, 3.05) is 12.5 Å². The van der Waals surface area contributed by atoms with Gasteiger partial charge in [-0.05, 0) is 30.5 Å². The average molecular weight is 225 g/mol. The maximum Gasteiger partial charge on any atom is 0.133 e. The van der Waals surface area contributed by atoms with E-state index in [9.17, 15) is 0 Å². The molecule has 0 bridgehead atoms. The van der Waals surface area contributed by atoms with Gasteiger partial charge in [-0.25, -0.2) is 0 Å². The predicted octanol–water partition coefficient (Wildman–Crippen LogP) is 3.14.